The SMILES string of the molecule is COc1ccc2c(-c3ccc(NSN)cc3)ccnc2c1. The van der Waals surface area contributed by atoms with Gasteiger partial charge in [0.05, 0.1) is 12.6 Å². The molecule has 0 radical (unpaired) electrons. The van der Waals surface area contributed by atoms with E-state index < -0.39 is 0 Å². The standard InChI is InChI=1S/C16H15N3OS/c1-20-13-6-7-15-14(8-9-18-16(15)10-13)11-2-4-12(5-3-11)19-21-17/h2-10,19H,17H2,1H3. The van der Waals surface area contributed by atoms with E-state index in [1.54, 1.807) is 7.11 Å². The second kappa shape index (κ2) is 6.03. The molecule has 0 aliphatic carbocycles. The first-order chi connectivity index (χ1) is 10.3. The lowest BCUT2D eigenvalue weighted by Crippen LogP contribution is -1.91. The lowest BCUT2D eigenvalue weighted by molar-refractivity contribution is 0.415. The third-order valence-electron chi connectivity index (χ3n) is 3.32. The number of benzene rings is 2. The van der Waals surface area contributed by atoms with Crippen LogP contribution in [0.3, 0.4) is 0 Å². The molecule has 0 aliphatic heterocycles. The summed E-state index contributed by atoms with van der Waals surface area (Å²) in [6.07, 6.45) is 1.82. The van der Waals surface area contributed by atoms with Crippen LogP contribution in [0.2, 0.25) is 0 Å². The minimum Gasteiger partial charge on any atom is -0.497 e. The minimum absolute atomic E-state index is 0.812. The zero-order valence-electron chi connectivity index (χ0n) is 11.5. The Balaban J connectivity index is 2.07. The summed E-state index contributed by atoms with van der Waals surface area (Å²) in [5, 5.41) is 6.50. The van der Waals surface area contributed by atoms with Crippen LogP contribution in [0.1, 0.15) is 0 Å². The summed E-state index contributed by atoms with van der Waals surface area (Å²) < 4.78 is 8.25. The minimum atomic E-state index is 0.812. The number of hydrogen-bond donors (Lipinski definition) is 2. The van der Waals surface area contributed by atoms with Crippen LogP contribution in [0.5, 0.6) is 5.75 Å². The molecule has 0 saturated heterocycles. The molecule has 0 bridgehead atoms. The van der Waals surface area contributed by atoms with Crippen molar-refractivity contribution in [3.8, 4) is 16.9 Å². The highest BCUT2D eigenvalue weighted by atomic mass is 32.2. The van der Waals surface area contributed by atoms with Gasteiger partial charge in [0.25, 0.3) is 0 Å². The molecule has 0 atom stereocenters. The topological polar surface area (TPSA) is 60.2 Å². The molecule has 5 heteroatoms. The smallest absolute Gasteiger partial charge is 0.121 e. The predicted octanol–water partition coefficient (Wildman–Crippen LogP) is 3.84. The molecule has 21 heavy (non-hydrogen) atoms. The number of pyridine rings is 1. The van der Waals surface area contributed by atoms with Gasteiger partial charge in [-0.1, -0.05) is 12.1 Å². The Bertz CT molecular complexity index is 759. The number of hydrogen-bond acceptors (Lipinski definition) is 5. The molecular weight excluding hydrogens is 282 g/mol. The molecule has 0 fully saturated rings. The molecule has 0 amide bonds. The second-order valence-electron chi connectivity index (χ2n) is 4.54. The average Bonchev–Trinajstić information content (AvgIpc) is 2.55. The summed E-state index contributed by atoms with van der Waals surface area (Å²) in [6, 6.07) is 16.1. The van der Waals surface area contributed by atoms with Crippen LogP contribution in [0, 0.1) is 0 Å². The molecule has 1 aromatic heterocycles. The number of nitrogens with zero attached hydrogens (tertiary/aromatic N) is 1. The Morgan fingerprint density at radius 1 is 1.10 bits per heavy atom. The zero-order valence-corrected chi connectivity index (χ0v) is 12.4. The van der Waals surface area contributed by atoms with E-state index in [2.05, 4.69) is 21.8 Å². The van der Waals surface area contributed by atoms with Gasteiger partial charge in [-0.3, -0.25) is 10.1 Å². The van der Waals surface area contributed by atoms with Crippen LogP contribution in [0.4, 0.5) is 5.69 Å². The summed E-state index contributed by atoms with van der Waals surface area (Å²) in [5.74, 6) is 0.812. The van der Waals surface area contributed by atoms with Crippen LogP contribution >= 0.6 is 12.1 Å². The van der Waals surface area contributed by atoms with Crippen molar-refractivity contribution in [2.45, 2.75) is 0 Å². The molecule has 1 heterocycles. The number of fused-ring (bicyclic) bond motifs is 1. The van der Waals surface area contributed by atoms with Gasteiger partial charge in [0.1, 0.15) is 5.75 Å². The van der Waals surface area contributed by atoms with Gasteiger partial charge in [-0.2, -0.15) is 0 Å². The molecule has 0 aliphatic rings. The van der Waals surface area contributed by atoms with Crippen molar-refractivity contribution in [1.82, 2.24) is 4.98 Å². The first kappa shape index (κ1) is 13.7. The van der Waals surface area contributed by atoms with Crippen molar-refractivity contribution in [3.05, 3.63) is 54.7 Å². The van der Waals surface area contributed by atoms with Crippen LogP contribution in [-0.2, 0) is 0 Å². The van der Waals surface area contributed by atoms with Gasteiger partial charge in [0, 0.05) is 35.5 Å². The van der Waals surface area contributed by atoms with Crippen LogP contribution in [0.15, 0.2) is 54.7 Å². The molecule has 3 rings (SSSR count). The van der Waals surface area contributed by atoms with Crippen LogP contribution in [0.25, 0.3) is 22.0 Å². The summed E-state index contributed by atoms with van der Waals surface area (Å²) in [7, 11) is 1.66. The third-order valence-corrected chi connectivity index (χ3v) is 3.68. The highest BCUT2D eigenvalue weighted by molar-refractivity contribution is 7.98. The first-order valence-corrected chi connectivity index (χ1v) is 7.35. The van der Waals surface area contributed by atoms with Crippen molar-refractivity contribution in [2.24, 2.45) is 5.14 Å². The van der Waals surface area contributed by atoms with Gasteiger partial charge in [-0.05, 0) is 41.5 Å². The molecule has 4 nitrogen and oxygen atoms in total. The van der Waals surface area contributed by atoms with Gasteiger partial charge < -0.3 is 9.46 Å². The number of ether oxygens (including phenoxy) is 1. The molecule has 3 N–H and O–H groups in total. The van der Waals surface area contributed by atoms with Crippen molar-refractivity contribution in [1.29, 1.82) is 0 Å². The van der Waals surface area contributed by atoms with E-state index >= 15 is 0 Å². The Morgan fingerprint density at radius 2 is 1.90 bits per heavy atom. The summed E-state index contributed by atoms with van der Waals surface area (Å²) in [4.78, 5) is 4.41. The fourth-order valence-corrected chi connectivity index (χ4v) is 2.56. The molecule has 2 aromatic carbocycles. The Morgan fingerprint density at radius 3 is 2.62 bits per heavy atom. The predicted molar refractivity (Wildman–Crippen MR) is 89.1 cm³/mol. The molecule has 106 valence electrons. The van der Waals surface area contributed by atoms with E-state index in [1.807, 2.05) is 42.6 Å². The number of anilines is 1. The highest BCUT2D eigenvalue weighted by Gasteiger charge is 2.06. The maximum Gasteiger partial charge on any atom is 0.121 e. The first-order valence-electron chi connectivity index (χ1n) is 6.47. The van der Waals surface area contributed by atoms with Gasteiger partial charge in [0.15, 0.2) is 0 Å². The Hall–Kier alpha value is -2.24. The van der Waals surface area contributed by atoms with Crippen molar-refractivity contribution < 1.29 is 4.74 Å². The molecule has 3 aromatic rings. The number of rotatable bonds is 4. The molecule has 0 spiro atoms. The summed E-state index contributed by atoms with van der Waals surface area (Å²) in [5.41, 5.74) is 4.19. The molecule has 0 saturated carbocycles. The van der Waals surface area contributed by atoms with Gasteiger partial charge in [0.2, 0.25) is 0 Å². The number of nitrogens with two attached hydrogens (primary N) is 1. The van der Waals surface area contributed by atoms with Gasteiger partial charge in [-0.15, -0.1) is 0 Å². The van der Waals surface area contributed by atoms with Crippen molar-refractivity contribution >= 4 is 28.7 Å². The summed E-state index contributed by atoms with van der Waals surface area (Å²) in [6.45, 7) is 0. The van der Waals surface area contributed by atoms with E-state index in [9.17, 15) is 0 Å². The average molecular weight is 297 g/mol. The largest absolute Gasteiger partial charge is 0.497 e. The quantitative estimate of drug-likeness (QED) is 0.716. The van der Waals surface area contributed by atoms with Gasteiger partial charge >= 0.3 is 0 Å². The molecule has 0 unspecified atom stereocenters. The van der Waals surface area contributed by atoms with Crippen LogP contribution < -0.4 is 14.6 Å². The van der Waals surface area contributed by atoms with E-state index in [0.29, 0.717) is 0 Å². The Labute approximate surface area is 127 Å². The van der Waals surface area contributed by atoms with E-state index in [4.69, 9.17) is 9.88 Å². The maximum absolute atomic E-state index is 5.40. The van der Waals surface area contributed by atoms with E-state index in [0.717, 1.165) is 45.6 Å². The van der Waals surface area contributed by atoms with Crippen molar-refractivity contribution in [3.63, 3.8) is 0 Å². The zero-order chi connectivity index (χ0) is 14.7. The van der Waals surface area contributed by atoms with E-state index in [-0.39, 0.29) is 0 Å². The fraction of sp³-hybridized carbons (Fsp3) is 0.0625. The number of nitrogens with one attached hydrogen (secondary N) is 1. The van der Waals surface area contributed by atoms with Gasteiger partial charge in [-0.25, -0.2) is 0 Å². The summed E-state index contributed by atoms with van der Waals surface area (Å²) >= 11 is 1.09. The lowest BCUT2D eigenvalue weighted by atomic mass is 10.0. The van der Waals surface area contributed by atoms with Crippen LogP contribution in [-0.4, -0.2) is 12.1 Å². The number of methoxy groups -OCH3 is 1. The van der Waals surface area contributed by atoms with E-state index in [1.165, 1.54) is 0 Å². The third kappa shape index (κ3) is 2.79. The second-order valence-corrected chi connectivity index (χ2v) is 4.98. The van der Waals surface area contributed by atoms with Crippen molar-refractivity contribution in [2.75, 3.05) is 11.8 Å². The monoisotopic (exact) mass is 297 g/mol. The molecular formula is C16H15N3OS. The lowest BCUT2D eigenvalue weighted by Gasteiger charge is -2.09. The number of aromatic nitrogens is 1. The highest BCUT2D eigenvalue weighted by Crippen LogP contribution is 2.30. The normalized spacial score (nSPS) is 10.6. The fourth-order valence-electron chi connectivity index (χ4n) is 2.29. The Kier molecular flexibility index (Phi) is 3.94. The maximum atomic E-state index is 5.40.